The molecular weight excluding hydrogens is 462 g/mol. The van der Waals surface area contributed by atoms with Crippen LogP contribution in [0.4, 0.5) is 5.69 Å². The normalized spacial score (nSPS) is 12.7. The van der Waals surface area contributed by atoms with Crippen molar-refractivity contribution in [1.29, 1.82) is 0 Å². The summed E-state index contributed by atoms with van der Waals surface area (Å²) in [6.07, 6.45) is 1.40. The van der Waals surface area contributed by atoms with E-state index in [-0.39, 0.29) is 12.5 Å². The molecule has 0 unspecified atom stereocenters. The Morgan fingerprint density at radius 1 is 1.03 bits per heavy atom. The molecule has 0 saturated carbocycles. The van der Waals surface area contributed by atoms with Crippen molar-refractivity contribution in [2.24, 2.45) is 0 Å². The van der Waals surface area contributed by atoms with Gasteiger partial charge in [-0.1, -0.05) is 54.9 Å². The minimum absolute atomic E-state index is 0.0704. The minimum atomic E-state index is -3.75. The zero-order valence-electron chi connectivity index (χ0n) is 19.7. The fourth-order valence-electron chi connectivity index (χ4n) is 3.39. The molecule has 180 valence electrons. The van der Waals surface area contributed by atoms with Gasteiger partial charge in [-0.25, -0.2) is 8.42 Å². The van der Waals surface area contributed by atoms with E-state index in [1.165, 1.54) is 4.90 Å². The zero-order valence-corrected chi connectivity index (χ0v) is 21.3. The summed E-state index contributed by atoms with van der Waals surface area (Å²) in [4.78, 5) is 28.1. The van der Waals surface area contributed by atoms with E-state index in [2.05, 4.69) is 5.32 Å². The molecular formula is C24H32ClN3O4S. The molecule has 33 heavy (non-hydrogen) atoms. The molecule has 1 atom stereocenters. The number of rotatable bonds is 9. The molecule has 2 rings (SSSR count). The molecule has 0 fully saturated rings. The Kier molecular flexibility index (Phi) is 8.91. The standard InChI is InChI=1S/C24H32ClN3O4S/c1-6-21(23(30)26-24(2,3)4)27(16-18-12-10-11-15-20(18)25)22(29)17-28(33(5,31)32)19-13-8-7-9-14-19/h7-15,21H,6,16-17H2,1-5H3,(H,26,30)/t21-/m0/s1. The monoisotopic (exact) mass is 493 g/mol. The number of carbonyl (C=O) groups excluding carboxylic acids is 2. The van der Waals surface area contributed by atoms with Crippen LogP contribution in [-0.4, -0.2) is 49.5 Å². The van der Waals surface area contributed by atoms with Gasteiger partial charge >= 0.3 is 0 Å². The third-order valence-corrected chi connectivity index (χ3v) is 6.42. The molecule has 2 amide bonds. The van der Waals surface area contributed by atoms with Crippen LogP contribution in [0.1, 0.15) is 39.7 Å². The second-order valence-corrected chi connectivity index (χ2v) is 11.2. The highest BCUT2D eigenvalue weighted by atomic mass is 35.5. The summed E-state index contributed by atoms with van der Waals surface area (Å²) in [7, 11) is -3.75. The average molecular weight is 494 g/mol. The quantitative estimate of drug-likeness (QED) is 0.575. The smallest absolute Gasteiger partial charge is 0.244 e. The number of para-hydroxylation sites is 1. The van der Waals surface area contributed by atoms with Crippen LogP contribution in [-0.2, 0) is 26.2 Å². The predicted molar refractivity (Wildman–Crippen MR) is 133 cm³/mol. The SMILES string of the molecule is CC[C@@H](C(=O)NC(C)(C)C)N(Cc1ccccc1Cl)C(=O)CN(c1ccccc1)S(C)(=O)=O. The third-order valence-electron chi connectivity index (χ3n) is 4.91. The van der Waals surface area contributed by atoms with Crippen molar-refractivity contribution in [2.45, 2.75) is 52.2 Å². The van der Waals surface area contributed by atoms with E-state index < -0.39 is 34.1 Å². The van der Waals surface area contributed by atoms with Crippen molar-refractivity contribution in [3.63, 3.8) is 0 Å². The number of benzene rings is 2. The Labute approximate surface area is 201 Å². The number of amides is 2. The highest BCUT2D eigenvalue weighted by molar-refractivity contribution is 7.92. The number of hydrogen-bond acceptors (Lipinski definition) is 4. The molecule has 2 aromatic carbocycles. The van der Waals surface area contributed by atoms with Crippen LogP contribution < -0.4 is 9.62 Å². The van der Waals surface area contributed by atoms with Crippen molar-refractivity contribution in [3.8, 4) is 0 Å². The van der Waals surface area contributed by atoms with Gasteiger partial charge in [0, 0.05) is 17.1 Å². The summed E-state index contributed by atoms with van der Waals surface area (Å²) in [6.45, 7) is 7.02. The Morgan fingerprint density at radius 3 is 2.12 bits per heavy atom. The van der Waals surface area contributed by atoms with E-state index >= 15 is 0 Å². The summed E-state index contributed by atoms with van der Waals surface area (Å²) < 4.78 is 26.1. The summed E-state index contributed by atoms with van der Waals surface area (Å²) in [5.74, 6) is -0.809. The van der Waals surface area contributed by atoms with Crippen LogP contribution >= 0.6 is 11.6 Å². The largest absolute Gasteiger partial charge is 0.350 e. The van der Waals surface area contributed by atoms with Crippen LogP contribution in [0.2, 0.25) is 5.02 Å². The Morgan fingerprint density at radius 2 is 1.61 bits per heavy atom. The highest BCUT2D eigenvalue weighted by Gasteiger charge is 2.33. The first-order chi connectivity index (χ1) is 15.3. The maximum Gasteiger partial charge on any atom is 0.244 e. The minimum Gasteiger partial charge on any atom is -0.350 e. The maximum absolute atomic E-state index is 13.6. The molecule has 1 N–H and O–H groups in total. The van der Waals surface area contributed by atoms with Crippen LogP contribution in [0.3, 0.4) is 0 Å². The van der Waals surface area contributed by atoms with E-state index in [4.69, 9.17) is 11.6 Å². The van der Waals surface area contributed by atoms with Crippen LogP contribution in [0.15, 0.2) is 54.6 Å². The lowest BCUT2D eigenvalue weighted by Gasteiger charge is -2.34. The Balaban J connectivity index is 2.45. The van der Waals surface area contributed by atoms with E-state index in [9.17, 15) is 18.0 Å². The van der Waals surface area contributed by atoms with Gasteiger partial charge in [0.15, 0.2) is 0 Å². The van der Waals surface area contributed by atoms with E-state index in [0.717, 1.165) is 10.6 Å². The first-order valence-corrected chi connectivity index (χ1v) is 12.9. The molecule has 0 heterocycles. The molecule has 0 aliphatic heterocycles. The van der Waals surface area contributed by atoms with Gasteiger partial charge in [0.1, 0.15) is 12.6 Å². The van der Waals surface area contributed by atoms with Crippen LogP contribution in [0, 0.1) is 0 Å². The number of nitrogens with zero attached hydrogens (tertiary/aromatic N) is 2. The molecule has 0 spiro atoms. The zero-order chi connectivity index (χ0) is 24.8. The van der Waals surface area contributed by atoms with E-state index in [1.807, 2.05) is 27.7 Å². The second kappa shape index (κ2) is 11.0. The number of carbonyl (C=O) groups is 2. The average Bonchev–Trinajstić information content (AvgIpc) is 2.71. The van der Waals surface area contributed by atoms with Gasteiger partial charge < -0.3 is 10.2 Å². The Hall–Kier alpha value is -2.58. The molecule has 0 aromatic heterocycles. The second-order valence-electron chi connectivity index (χ2n) is 8.88. The third kappa shape index (κ3) is 7.75. The van der Waals surface area contributed by atoms with Crippen molar-refractivity contribution >= 4 is 39.1 Å². The van der Waals surface area contributed by atoms with E-state index in [1.54, 1.807) is 54.6 Å². The van der Waals surface area contributed by atoms with Gasteiger partial charge in [-0.05, 0) is 51.0 Å². The number of nitrogens with one attached hydrogen (secondary N) is 1. The molecule has 2 aromatic rings. The van der Waals surface area contributed by atoms with Gasteiger partial charge in [-0.2, -0.15) is 0 Å². The van der Waals surface area contributed by atoms with Gasteiger partial charge in [0.05, 0.1) is 11.9 Å². The van der Waals surface area contributed by atoms with Crippen LogP contribution in [0.5, 0.6) is 0 Å². The number of halogens is 1. The fourth-order valence-corrected chi connectivity index (χ4v) is 4.44. The lowest BCUT2D eigenvalue weighted by atomic mass is 10.1. The van der Waals surface area contributed by atoms with Crippen molar-refractivity contribution in [3.05, 3.63) is 65.2 Å². The van der Waals surface area contributed by atoms with Gasteiger partial charge in [0.2, 0.25) is 21.8 Å². The van der Waals surface area contributed by atoms with Gasteiger partial charge in [-0.3, -0.25) is 13.9 Å². The van der Waals surface area contributed by atoms with E-state index in [0.29, 0.717) is 22.7 Å². The molecule has 0 radical (unpaired) electrons. The molecule has 0 bridgehead atoms. The van der Waals surface area contributed by atoms with Gasteiger partial charge in [0.25, 0.3) is 0 Å². The summed E-state index contributed by atoms with van der Waals surface area (Å²) in [5, 5.41) is 3.39. The molecule has 9 heteroatoms. The van der Waals surface area contributed by atoms with Gasteiger partial charge in [-0.15, -0.1) is 0 Å². The number of hydrogen-bond donors (Lipinski definition) is 1. The summed E-state index contributed by atoms with van der Waals surface area (Å²) >= 11 is 6.34. The van der Waals surface area contributed by atoms with Crippen molar-refractivity contribution in [1.82, 2.24) is 10.2 Å². The lowest BCUT2D eigenvalue weighted by molar-refractivity contribution is -0.141. The number of anilines is 1. The highest BCUT2D eigenvalue weighted by Crippen LogP contribution is 2.22. The Bertz CT molecular complexity index is 1070. The van der Waals surface area contributed by atoms with Crippen LogP contribution in [0.25, 0.3) is 0 Å². The van der Waals surface area contributed by atoms with Crippen molar-refractivity contribution in [2.75, 3.05) is 17.1 Å². The maximum atomic E-state index is 13.6. The molecule has 0 aliphatic carbocycles. The van der Waals surface area contributed by atoms with Crippen molar-refractivity contribution < 1.29 is 18.0 Å². The molecule has 0 saturated heterocycles. The summed E-state index contributed by atoms with van der Waals surface area (Å²) in [6, 6.07) is 14.7. The first-order valence-electron chi connectivity index (χ1n) is 10.7. The first kappa shape index (κ1) is 26.7. The summed E-state index contributed by atoms with van der Waals surface area (Å²) in [5.41, 5.74) is 0.547. The molecule has 7 nitrogen and oxygen atoms in total. The lowest BCUT2D eigenvalue weighted by Crippen LogP contribution is -2.55. The predicted octanol–water partition coefficient (Wildman–Crippen LogP) is 3.83. The molecule has 0 aliphatic rings. The number of sulfonamides is 1. The fraction of sp³-hybridized carbons (Fsp3) is 0.417. The topological polar surface area (TPSA) is 86.8 Å².